The van der Waals surface area contributed by atoms with E-state index in [0.717, 1.165) is 56.9 Å². The fourth-order valence-electron chi connectivity index (χ4n) is 4.26. The number of halogens is 2. The third kappa shape index (κ3) is 7.37. The maximum Gasteiger partial charge on any atom is 0.121 e. The molecule has 0 bridgehead atoms. The number of hydrogen-bond acceptors (Lipinski definition) is 5. The van der Waals surface area contributed by atoms with E-state index in [0.29, 0.717) is 29.0 Å². The van der Waals surface area contributed by atoms with Gasteiger partial charge in [-0.2, -0.15) is 5.10 Å². The maximum absolute atomic E-state index is 6.10. The highest BCUT2D eigenvalue weighted by atomic mass is 35.5. The van der Waals surface area contributed by atoms with Gasteiger partial charge in [-0.05, 0) is 55.7 Å². The van der Waals surface area contributed by atoms with Crippen molar-refractivity contribution in [2.75, 3.05) is 33.4 Å². The Labute approximate surface area is 217 Å². The minimum Gasteiger partial charge on any atom is -0.494 e. The van der Waals surface area contributed by atoms with Gasteiger partial charge in [0, 0.05) is 52.0 Å². The van der Waals surface area contributed by atoms with Crippen molar-refractivity contribution < 1.29 is 14.2 Å². The fourth-order valence-corrected chi connectivity index (χ4v) is 4.55. The van der Waals surface area contributed by atoms with Crippen LogP contribution >= 0.6 is 23.2 Å². The van der Waals surface area contributed by atoms with Gasteiger partial charge in [0.1, 0.15) is 23.7 Å². The number of rotatable bonds is 11. The molecule has 188 valence electrons. The van der Waals surface area contributed by atoms with Crippen molar-refractivity contribution in [3.63, 3.8) is 0 Å². The van der Waals surface area contributed by atoms with Crippen LogP contribution in [0.15, 0.2) is 54.7 Å². The summed E-state index contributed by atoms with van der Waals surface area (Å²) in [6, 6.07) is 15.8. The second-order valence-corrected chi connectivity index (χ2v) is 9.91. The van der Waals surface area contributed by atoms with Gasteiger partial charge < -0.3 is 14.2 Å². The number of nitrogens with zero attached hydrogens (tertiary/aromatic N) is 3. The Morgan fingerprint density at radius 2 is 1.69 bits per heavy atom. The average molecular weight is 518 g/mol. The number of likely N-dealkylation sites (tertiary alicyclic amines) is 1. The van der Waals surface area contributed by atoms with Crippen molar-refractivity contribution >= 4 is 23.2 Å². The lowest BCUT2D eigenvalue weighted by Gasteiger charge is -2.40. The number of aryl methyl sites for hydroxylation is 2. The van der Waals surface area contributed by atoms with Crippen molar-refractivity contribution in [2.24, 2.45) is 0 Å². The van der Waals surface area contributed by atoms with Gasteiger partial charge in [-0.3, -0.25) is 9.58 Å². The predicted octanol–water partition coefficient (Wildman–Crippen LogP) is 6.03. The Balaban J connectivity index is 1.19. The number of hydrogen-bond donors (Lipinski definition) is 0. The van der Waals surface area contributed by atoms with E-state index in [1.54, 1.807) is 19.2 Å². The molecule has 3 aromatic rings. The highest BCUT2D eigenvalue weighted by molar-refractivity contribution is 6.42. The predicted molar refractivity (Wildman–Crippen MR) is 140 cm³/mol. The minimum atomic E-state index is -0.296. The number of aromatic nitrogens is 2. The van der Waals surface area contributed by atoms with Gasteiger partial charge in [-0.1, -0.05) is 35.3 Å². The van der Waals surface area contributed by atoms with Gasteiger partial charge >= 0.3 is 0 Å². The lowest BCUT2D eigenvalue weighted by molar-refractivity contribution is -0.0839. The highest BCUT2D eigenvalue weighted by Crippen LogP contribution is 2.30. The second kappa shape index (κ2) is 12.1. The molecule has 0 atom stereocenters. The zero-order chi connectivity index (χ0) is 24.7. The minimum absolute atomic E-state index is 0.296. The topological polar surface area (TPSA) is 48.8 Å². The van der Waals surface area contributed by atoms with Gasteiger partial charge in [0.25, 0.3) is 0 Å². The van der Waals surface area contributed by atoms with E-state index in [1.165, 1.54) is 5.56 Å². The van der Waals surface area contributed by atoms with Crippen LogP contribution in [0.4, 0.5) is 0 Å². The molecule has 6 nitrogen and oxygen atoms in total. The van der Waals surface area contributed by atoms with Crippen LogP contribution in [0.2, 0.25) is 10.0 Å². The Morgan fingerprint density at radius 3 is 2.34 bits per heavy atom. The summed E-state index contributed by atoms with van der Waals surface area (Å²) in [5, 5.41) is 5.41. The summed E-state index contributed by atoms with van der Waals surface area (Å²) in [7, 11) is 1.77. The van der Waals surface area contributed by atoms with Crippen LogP contribution in [0.3, 0.4) is 0 Å². The number of ether oxygens (including phenoxy) is 3. The average Bonchev–Trinajstić information content (AvgIpc) is 3.29. The third-order valence-electron chi connectivity index (χ3n) is 6.50. The first kappa shape index (κ1) is 25.8. The quantitative estimate of drug-likeness (QED) is 0.290. The van der Waals surface area contributed by atoms with E-state index in [4.69, 9.17) is 37.4 Å². The summed E-state index contributed by atoms with van der Waals surface area (Å²) in [6.07, 6.45) is 4.74. The van der Waals surface area contributed by atoms with Crippen LogP contribution in [0.1, 0.15) is 30.5 Å². The molecule has 2 heterocycles. The van der Waals surface area contributed by atoms with E-state index in [9.17, 15) is 0 Å². The van der Waals surface area contributed by atoms with E-state index >= 15 is 0 Å². The first-order chi connectivity index (χ1) is 16.9. The smallest absolute Gasteiger partial charge is 0.121 e. The summed E-state index contributed by atoms with van der Waals surface area (Å²) < 4.78 is 19.8. The van der Waals surface area contributed by atoms with Gasteiger partial charge in [0.15, 0.2) is 0 Å². The largest absolute Gasteiger partial charge is 0.494 e. The van der Waals surface area contributed by atoms with E-state index in [-0.39, 0.29) is 5.60 Å². The number of benzene rings is 2. The number of methoxy groups -OCH3 is 1. The van der Waals surface area contributed by atoms with Crippen molar-refractivity contribution in [2.45, 2.75) is 44.9 Å². The molecule has 0 amide bonds. The van der Waals surface area contributed by atoms with Crippen LogP contribution < -0.4 is 9.47 Å². The molecule has 0 unspecified atom stereocenters. The Hall–Kier alpha value is -2.25. The van der Waals surface area contributed by atoms with Gasteiger partial charge in [0.2, 0.25) is 0 Å². The molecule has 0 N–H and O–H groups in total. The van der Waals surface area contributed by atoms with Crippen LogP contribution in [0, 0.1) is 6.92 Å². The zero-order valence-electron chi connectivity index (χ0n) is 20.4. The Kier molecular flexibility index (Phi) is 8.95. The summed E-state index contributed by atoms with van der Waals surface area (Å²) in [5.41, 5.74) is 2.02. The Morgan fingerprint density at radius 1 is 0.943 bits per heavy atom. The van der Waals surface area contributed by atoms with E-state index in [1.807, 2.05) is 29.9 Å². The lowest BCUT2D eigenvalue weighted by Crippen LogP contribution is -2.48. The number of piperidine rings is 1. The van der Waals surface area contributed by atoms with Crippen molar-refractivity contribution in [1.82, 2.24) is 14.7 Å². The maximum atomic E-state index is 6.10. The van der Waals surface area contributed by atoms with Crippen LogP contribution in [-0.2, 0) is 17.8 Å². The van der Waals surface area contributed by atoms with E-state index in [2.05, 4.69) is 34.3 Å². The molecule has 0 aliphatic carbocycles. The summed E-state index contributed by atoms with van der Waals surface area (Å²) in [4.78, 5) is 2.46. The zero-order valence-corrected chi connectivity index (χ0v) is 21.9. The third-order valence-corrected chi connectivity index (χ3v) is 7.24. The van der Waals surface area contributed by atoms with Crippen LogP contribution in [0.25, 0.3) is 0 Å². The molecule has 35 heavy (non-hydrogen) atoms. The molecule has 1 fully saturated rings. The van der Waals surface area contributed by atoms with Crippen molar-refractivity contribution in [1.29, 1.82) is 0 Å². The summed E-state index contributed by atoms with van der Waals surface area (Å²) in [5.74, 6) is 1.61. The van der Waals surface area contributed by atoms with Crippen LogP contribution in [-0.4, -0.2) is 53.7 Å². The van der Waals surface area contributed by atoms with Crippen molar-refractivity contribution in [3.8, 4) is 11.5 Å². The van der Waals surface area contributed by atoms with E-state index < -0.39 is 0 Å². The molecular formula is C27H33Cl2N3O3. The molecule has 1 aliphatic rings. The molecule has 1 aliphatic heterocycles. The Bertz CT molecular complexity index is 1080. The standard InChI is InChI=1S/C27H33Cl2N3O3/c1-21-10-14-32(30-21)13-3-17-34-23-6-4-22(5-7-23)19-31-15-11-27(33-2,12-16-31)20-35-24-8-9-25(28)26(29)18-24/h4-10,14,18H,3,11-13,15-17,19-20H2,1-2H3. The second-order valence-electron chi connectivity index (χ2n) is 9.09. The van der Waals surface area contributed by atoms with Crippen LogP contribution in [0.5, 0.6) is 11.5 Å². The van der Waals surface area contributed by atoms with Gasteiger partial charge in [0.05, 0.1) is 22.3 Å². The molecule has 1 aromatic heterocycles. The van der Waals surface area contributed by atoms with Gasteiger partial charge in [-0.15, -0.1) is 0 Å². The van der Waals surface area contributed by atoms with Crippen molar-refractivity contribution in [3.05, 3.63) is 76.0 Å². The first-order valence-electron chi connectivity index (χ1n) is 12.0. The fraction of sp³-hybridized carbons (Fsp3) is 0.444. The molecular weight excluding hydrogens is 485 g/mol. The summed E-state index contributed by atoms with van der Waals surface area (Å²) in [6.45, 7) is 6.83. The SMILES string of the molecule is COC1(COc2ccc(Cl)c(Cl)c2)CCN(Cc2ccc(OCCCn3ccc(C)n3)cc2)CC1. The molecule has 0 saturated carbocycles. The molecule has 0 radical (unpaired) electrons. The molecule has 2 aromatic carbocycles. The molecule has 8 heteroatoms. The van der Waals surface area contributed by atoms with Gasteiger partial charge in [-0.25, -0.2) is 0 Å². The molecule has 0 spiro atoms. The monoisotopic (exact) mass is 517 g/mol. The molecule has 1 saturated heterocycles. The lowest BCUT2D eigenvalue weighted by atomic mass is 9.91. The normalized spacial score (nSPS) is 15.8. The summed E-state index contributed by atoms with van der Waals surface area (Å²) >= 11 is 12.1. The highest BCUT2D eigenvalue weighted by Gasteiger charge is 2.35. The molecule has 4 rings (SSSR count). The first-order valence-corrected chi connectivity index (χ1v) is 12.8.